The van der Waals surface area contributed by atoms with Crippen LogP contribution in [0.15, 0.2) is 18.2 Å². The SMILES string of the molecule is COC(C)(Oc1cc(C)cc(C)c1)C(=O)O. The second kappa shape index (κ2) is 4.53. The fourth-order valence-corrected chi connectivity index (χ4v) is 1.39. The van der Waals surface area contributed by atoms with Gasteiger partial charge in [-0.05, 0) is 37.1 Å². The normalized spacial score (nSPS) is 14.2. The molecule has 1 aromatic carbocycles. The molecule has 0 aromatic heterocycles. The smallest absolute Gasteiger partial charge is 0.376 e. The van der Waals surface area contributed by atoms with Crippen molar-refractivity contribution in [2.75, 3.05) is 7.11 Å². The number of aryl methyl sites for hydroxylation is 2. The van der Waals surface area contributed by atoms with Crippen molar-refractivity contribution in [3.05, 3.63) is 29.3 Å². The minimum atomic E-state index is -1.65. The van der Waals surface area contributed by atoms with E-state index in [0.29, 0.717) is 5.75 Å². The molecule has 1 N–H and O–H groups in total. The lowest BCUT2D eigenvalue weighted by Crippen LogP contribution is -2.43. The zero-order valence-electron chi connectivity index (χ0n) is 9.90. The second-order valence-electron chi connectivity index (χ2n) is 3.88. The Bertz CT molecular complexity index is 380. The van der Waals surface area contributed by atoms with Crippen LogP contribution in [0.4, 0.5) is 0 Å². The molecule has 1 unspecified atom stereocenters. The van der Waals surface area contributed by atoms with Gasteiger partial charge in [0.2, 0.25) is 0 Å². The summed E-state index contributed by atoms with van der Waals surface area (Å²) in [5.41, 5.74) is 2.03. The molecular weight excluding hydrogens is 208 g/mol. The molecule has 4 heteroatoms. The Labute approximate surface area is 94.8 Å². The van der Waals surface area contributed by atoms with E-state index in [9.17, 15) is 4.79 Å². The highest BCUT2D eigenvalue weighted by molar-refractivity contribution is 5.75. The summed E-state index contributed by atoms with van der Waals surface area (Å²) in [5, 5.41) is 8.98. The molecule has 0 saturated heterocycles. The van der Waals surface area contributed by atoms with E-state index in [4.69, 9.17) is 14.6 Å². The van der Waals surface area contributed by atoms with E-state index >= 15 is 0 Å². The molecule has 1 rings (SSSR count). The number of ether oxygens (including phenoxy) is 2. The Balaban J connectivity index is 2.99. The molecular formula is C12H16O4. The summed E-state index contributed by atoms with van der Waals surface area (Å²) in [5.74, 6) is -2.32. The first-order valence-electron chi connectivity index (χ1n) is 4.93. The van der Waals surface area contributed by atoms with Gasteiger partial charge in [0, 0.05) is 14.0 Å². The summed E-state index contributed by atoms with van der Waals surface area (Å²) < 4.78 is 10.2. The van der Waals surface area contributed by atoms with Gasteiger partial charge in [-0.1, -0.05) is 6.07 Å². The summed E-state index contributed by atoms with van der Waals surface area (Å²) in [6, 6.07) is 5.53. The first-order valence-corrected chi connectivity index (χ1v) is 4.93. The average Bonchev–Trinajstić information content (AvgIpc) is 2.15. The summed E-state index contributed by atoms with van der Waals surface area (Å²) in [7, 11) is 1.30. The number of methoxy groups -OCH3 is 1. The molecule has 0 saturated carbocycles. The van der Waals surface area contributed by atoms with Crippen molar-refractivity contribution in [2.24, 2.45) is 0 Å². The van der Waals surface area contributed by atoms with Gasteiger partial charge in [-0.2, -0.15) is 0 Å². The highest BCUT2D eigenvalue weighted by atomic mass is 16.7. The van der Waals surface area contributed by atoms with Crippen molar-refractivity contribution in [1.82, 2.24) is 0 Å². The van der Waals surface area contributed by atoms with Crippen LogP contribution in [0.2, 0.25) is 0 Å². The number of carboxylic acids is 1. The van der Waals surface area contributed by atoms with Gasteiger partial charge >= 0.3 is 11.8 Å². The Hall–Kier alpha value is -1.55. The van der Waals surface area contributed by atoms with Crippen molar-refractivity contribution >= 4 is 5.97 Å². The zero-order valence-corrected chi connectivity index (χ0v) is 9.90. The van der Waals surface area contributed by atoms with Crippen LogP contribution in [0.25, 0.3) is 0 Å². The van der Waals surface area contributed by atoms with E-state index in [2.05, 4.69) is 0 Å². The fraction of sp³-hybridized carbons (Fsp3) is 0.417. The molecule has 0 heterocycles. The zero-order chi connectivity index (χ0) is 12.3. The molecule has 0 aliphatic heterocycles. The molecule has 0 aliphatic carbocycles. The molecule has 4 nitrogen and oxygen atoms in total. The highest BCUT2D eigenvalue weighted by Gasteiger charge is 2.35. The summed E-state index contributed by atoms with van der Waals surface area (Å²) in [6.07, 6.45) is 0. The summed E-state index contributed by atoms with van der Waals surface area (Å²) >= 11 is 0. The second-order valence-corrected chi connectivity index (χ2v) is 3.88. The van der Waals surface area contributed by atoms with Crippen LogP contribution in [0.5, 0.6) is 5.75 Å². The van der Waals surface area contributed by atoms with Crippen LogP contribution in [-0.4, -0.2) is 24.0 Å². The maximum atomic E-state index is 11.0. The van der Waals surface area contributed by atoms with Gasteiger partial charge in [-0.15, -0.1) is 0 Å². The Morgan fingerprint density at radius 3 is 2.12 bits per heavy atom. The maximum absolute atomic E-state index is 11.0. The fourth-order valence-electron chi connectivity index (χ4n) is 1.39. The van der Waals surface area contributed by atoms with Crippen LogP contribution in [-0.2, 0) is 9.53 Å². The van der Waals surface area contributed by atoms with Crippen LogP contribution in [0.3, 0.4) is 0 Å². The van der Waals surface area contributed by atoms with Crippen LogP contribution >= 0.6 is 0 Å². The third-order valence-electron chi connectivity index (χ3n) is 2.29. The van der Waals surface area contributed by atoms with E-state index in [-0.39, 0.29) is 0 Å². The van der Waals surface area contributed by atoms with Gasteiger partial charge in [0.1, 0.15) is 5.75 Å². The van der Waals surface area contributed by atoms with Crippen LogP contribution < -0.4 is 4.74 Å². The number of benzene rings is 1. The lowest BCUT2D eigenvalue weighted by molar-refractivity contribution is -0.197. The van der Waals surface area contributed by atoms with Gasteiger partial charge < -0.3 is 14.6 Å². The minimum Gasteiger partial charge on any atom is -0.476 e. The number of hydrogen-bond donors (Lipinski definition) is 1. The van der Waals surface area contributed by atoms with E-state index in [0.717, 1.165) is 11.1 Å². The molecule has 0 spiro atoms. The Morgan fingerprint density at radius 2 is 1.75 bits per heavy atom. The number of aliphatic carboxylic acids is 1. The number of rotatable bonds is 4. The van der Waals surface area contributed by atoms with Gasteiger partial charge in [0.15, 0.2) is 0 Å². The van der Waals surface area contributed by atoms with E-state index in [1.807, 2.05) is 19.9 Å². The van der Waals surface area contributed by atoms with Crippen molar-refractivity contribution in [1.29, 1.82) is 0 Å². The molecule has 0 bridgehead atoms. The molecule has 0 radical (unpaired) electrons. The summed E-state index contributed by atoms with van der Waals surface area (Å²) in [4.78, 5) is 11.0. The van der Waals surface area contributed by atoms with E-state index < -0.39 is 11.8 Å². The third kappa shape index (κ3) is 2.73. The molecule has 1 atom stereocenters. The van der Waals surface area contributed by atoms with Crippen molar-refractivity contribution in [3.8, 4) is 5.75 Å². The van der Waals surface area contributed by atoms with Crippen molar-refractivity contribution in [2.45, 2.75) is 26.6 Å². The molecule has 16 heavy (non-hydrogen) atoms. The predicted molar refractivity (Wildman–Crippen MR) is 59.6 cm³/mol. The first kappa shape index (κ1) is 12.5. The molecule has 88 valence electrons. The summed E-state index contributed by atoms with van der Waals surface area (Å²) in [6.45, 7) is 5.21. The predicted octanol–water partition coefficient (Wildman–Crippen LogP) is 2.13. The van der Waals surface area contributed by atoms with Gasteiger partial charge in [0.25, 0.3) is 0 Å². The Kier molecular flexibility index (Phi) is 3.55. The van der Waals surface area contributed by atoms with Gasteiger partial charge in [-0.25, -0.2) is 4.79 Å². The maximum Gasteiger partial charge on any atom is 0.376 e. The van der Waals surface area contributed by atoms with Crippen LogP contribution in [0.1, 0.15) is 18.1 Å². The first-order chi connectivity index (χ1) is 7.37. The van der Waals surface area contributed by atoms with Gasteiger partial charge in [-0.3, -0.25) is 0 Å². The quantitative estimate of drug-likeness (QED) is 0.796. The average molecular weight is 224 g/mol. The Morgan fingerprint density at radius 1 is 1.25 bits per heavy atom. The lowest BCUT2D eigenvalue weighted by atomic mass is 10.1. The van der Waals surface area contributed by atoms with E-state index in [1.165, 1.54) is 14.0 Å². The number of carbonyl (C=O) groups is 1. The number of hydrogen-bond acceptors (Lipinski definition) is 3. The standard InChI is InChI=1S/C12H16O4/c1-8-5-9(2)7-10(6-8)16-12(3,15-4)11(13)14/h5-7H,1-4H3,(H,13,14). The minimum absolute atomic E-state index is 0.490. The number of carboxylic acid groups (broad SMARTS) is 1. The molecule has 0 amide bonds. The highest BCUT2D eigenvalue weighted by Crippen LogP contribution is 2.22. The van der Waals surface area contributed by atoms with Gasteiger partial charge in [0.05, 0.1) is 0 Å². The monoisotopic (exact) mass is 224 g/mol. The van der Waals surface area contributed by atoms with Crippen LogP contribution in [0, 0.1) is 13.8 Å². The molecule has 0 fully saturated rings. The molecule has 0 aliphatic rings. The lowest BCUT2D eigenvalue weighted by Gasteiger charge is -2.24. The van der Waals surface area contributed by atoms with Crippen molar-refractivity contribution < 1.29 is 19.4 Å². The van der Waals surface area contributed by atoms with E-state index in [1.54, 1.807) is 12.1 Å². The molecule has 1 aromatic rings. The third-order valence-corrected chi connectivity index (χ3v) is 2.29. The van der Waals surface area contributed by atoms with Crippen molar-refractivity contribution in [3.63, 3.8) is 0 Å². The topological polar surface area (TPSA) is 55.8 Å². The largest absolute Gasteiger partial charge is 0.476 e.